The Bertz CT molecular complexity index is 756. The lowest BCUT2D eigenvalue weighted by molar-refractivity contribution is -0.129. The molecular weight excluding hydrogens is 346 g/mol. The number of hydrogen-bond acceptors (Lipinski definition) is 3. The molecule has 1 atom stereocenters. The number of likely N-dealkylation sites (tertiary alicyclic amines) is 1. The average Bonchev–Trinajstić information content (AvgIpc) is 2.76. The van der Waals surface area contributed by atoms with Gasteiger partial charge in [-0.05, 0) is 49.9 Å². The highest BCUT2D eigenvalue weighted by molar-refractivity contribution is 5.88. The van der Waals surface area contributed by atoms with Crippen molar-refractivity contribution in [3.05, 3.63) is 66.0 Å². The summed E-state index contributed by atoms with van der Waals surface area (Å²) >= 11 is 0. The van der Waals surface area contributed by atoms with Crippen molar-refractivity contribution in [2.75, 3.05) is 13.1 Å². The van der Waals surface area contributed by atoms with E-state index in [1.165, 1.54) is 12.0 Å². The van der Waals surface area contributed by atoms with E-state index in [0.717, 1.165) is 63.9 Å². The van der Waals surface area contributed by atoms with Crippen LogP contribution >= 0.6 is 0 Å². The van der Waals surface area contributed by atoms with Crippen molar-refractivity contribution in [2.45, 2.75) is 62.9 Å². The van der Waals surface area contributed by atoms with Crippen LogP contribution in [-0.4, -0.2) is 34.9 Å². The largest absolute Gasteiger partial charge is 0.351 e. The summed E-state index contributed by atoms with van der Waals surface area (Å²) in [5.74, 6) is 0.239. The molecular formula is C24H31N3O. The first-order chi connectivity index (χ1) is 13.8. The molecule has 1 amide bonds. The van der Waals surface area contributed by atoms with E-state index in [1.54, 1.807) is 0 Å². The van der Waals surface area contributed by atoms with Gasteiger partial charge in [0.2, 0.25) is 5.91 Å². The van der Waals surface area contributed by atoms with Crippen LogP contribution in [0.15, 0.2) is 54.7 Å². The van der Waals surface area contributed by atoms with E-state index in [9.17, 15) is 4.79 Å². The van der Waals surface area contributed by atoms with Crippen LogP contribution in [0.4, 0.5) is 0 Å². The van der Waals surface area contributed by atoms with Gasteiger partial charge in [-0.2, -0.15) is 0 Å². The summed E-state index contributed by atoms with van der Waals surface area (Å²) in [6.45, 7) is 2.84. The minimum Gasteiger partial charge on any atom is -0.351 e. The van der Waals surface area contributed by atoms with Gasteiger partial charge in [0.15, 0.2) is 0 Å². The van der Waals surface area contributed by atoms with Crippen LogP contribution in [0.5, 0.6) is 0 Å². The van der Waals surface area contributed by atoms with Gasteiger partial charge in [0, 0.05) is 25.3 Å². The number of piperidine rings is 1. The quantitative estimate of drug-likeness (QED) is 0.854. The summed E-state index contributed by atoms with van der Waals surface area (Å²) < 4.78 is 0. The first kappa shape index (κ1) is 19.1. The zero-order valence-corrected chi connectivity index (χ0v) is 16.6. The van der Waals surface area contributed by atoms with E-state index >= 15 is 0 Å². The third-order valence-corrected chi connectivity index (χ3v) is 6.42. The van der Waals surface area contributed by atoms with E-state index in [0.29, 0.717) is 0 Å². The average molecular weight is 378 g/mol. The molecule has 2 fully saturated rings. The molecule has 1 aliphatic heterocycles. The number of carbonyl (C=O) groups is 1. The number of rotatable bonds is 5. The number of carbonyl (C=O) groups excluding carboxylic acids is 1. The van der Waals surface area contributed by atoms with Crippen molar-refractivity contribution >= 4 is 5.91 Å². The van der Waals surface area contributed by atoms with Crippen molar-refractivity contribution in [2.24, 2.45) is 0 Å². The predicted octanol–water partition coefficient (Wildman–Crippen LogP) is 4.06. The Morgan fingerprint density at radius 1 is 1.04 bits per heavy atom. The molecule has 2 aromatic rings. The second-order valence-electron chi connectivity index (χ2n) is 8.38. The zero-order valence-electron chi connectivity index (χ0n) is 16.6. The number of amides is 1. The monoisotopic (exact) mass is 377 g/mol. The second-order valence-corrected chi connectivity index (χ2v) is 8.38. The van der Waals surface area contributed by atoms with Gasteiger partial charge in [0.1, 0.15) is 0 Å². The van der Waals surface area contributed by atoms with E-state index in [2.05, 4.69) is 45.5 Å². The Morgan fingerprint density at radius 2 is 1.82 bits per heavy atom. The third-order valence-electron chi connectivity index (χ3n) is 6.42. The van der Waals surface area contributed by atoms with E-state index < -0.39 is 0 Å². The fourth-order valence-electron chi connectivity index (χ4n) is 4.92. The molecule has 1 aromatic heterocycles. The lowest BCUT2D eigenvalue weighted by Crippen LogP contribution is -2.53. The standard InChI is InChI=1S/C24H31N3O/c28-23(24(14-6-2-7-15-24)20-10-3-1-4-11-20)26-22-13-9-17-27(19-22)18-21-12-5-8-16-25-21/h1,3-5,8,10-12,16,22H,2,6-7,9,13-15,17-19H2,(H,26,28). The Labute approximate surface area is 168 Å². The number of pyridine rings is 1. The topological polar surface area (TPSA) is 45.2 Å². The summed E-state index contributed by atoms with van der Waals surface area (Å²) in [7, 11) is 0. The molecule has 4 rings (SSSR count). The van der Waals surface area contributed by atoms with Gasteiger partial charge in [0.25, 0.3) is 0 Å². The first-order valence-electron chi connectivity index (χ1n) is 10.7. The number of hydrogen-bond donors (Lipinski definition) is 1. The molecule has 28 heavy (non-hydrogen) atoms. The SMILES string of the molecule is O=C(NC1CCCN(Cc2ccccn2)C1)C1(c2ccccc2)CCCCC1. The Hall–Kier alpha value is -2.20. The van der Waals surface area contributed by atoms with Gasteiger partial charge in [-0.3, -0.25) is 14.7 Å². The molecule has 0 bridgehead atoms. The third kappa shape index (κ3) is 4.27. The van der Waals surface area contributed by atoms with Crippen LogP contribution in [0.25, 0.3) is 0 Å². The number of benzene rings is 1. The van der Waals surface area contributed by atoms with Crippen LogP contribution < -0.4 is 5.32 Å². The van der Waals surface area contributed by atoms with E-state index in [4.69, 9.17) is 0 Å². The Morgan fingerprint density at radius 3 is 2.57 bits per heavy atom. The smallest absolute Gasteiger partial charge is 0.230 e. The van der Waals surface area contributed by atoms with Gasteiger partial charge in [-0.25, -0.2) is 0 Å². The molecule has 148 valence electrons. The molecule has 1 aromatic carbocycles. The maximum atomic E-state index is 13.5. The van der Waals surface area contributed by atoms with Crippen molar-refractivity contribution in [1.82, 2.24) is 15.2 Å². The summed E-state index contributed by atoms with van der Waals surface area (Å²) in [6.07, 6.45) is 9.48. The molecule has 2 heterocycles. The predicted molar refractivity (Wildman–Crippen MR) is 112 cm³/mol. The molecule has 4 nitrogen and oxygen atoms in total. The lowest BCUT2D eigenvalue weighted by atomic mass is 9.68. The van der Waals surface area contributed by atoms with Gasteiger partial charge >= 0.3 is 0 Å². The van der Waals surface area contributed by atoms with Crippen molar-refractivity contribution < 1.29 is 4.79 Å². The molecule has 1 saturated carbocycles. The van der Waals surface area contributed by atoms with Gasteiger partial charge in [0.05, 0.1) is 11.1 Å². The molecule has 0 radical (unpaired) electrons. The summed E-state index contributed by atoms with van der Waals surface area (Å²) in [5.41, 5.74) is 1.94. The number of nitrogens with one attached hydrogen (secondary N) is 1. The van der Waals surface area contributed by atoms with Crippen molar-refractivity contribution in [3.63, 3.8) is 0 Å². The molecule has 1 N–H and O–H groups in total. The van der Waals surface area contributed by atoms with Crippen LogP contribution in [-0.2, 0) is 16.8 Å². The van der Waals surface area contributed by atoms with E-state index in [1.807, 2.05) is 24.4 Å². The maximum absolute atomic E-state index is 13.5. The highest BCUT2D eigenvalue weighted by Gasteiger charge is 2.41. The number of nitrogens with zero attached hydrogens (tertiary/aromatic N) is 2. The zero-order chi connectivity index (χ0) is 19.2. The Kier molecular flexibility index (Phi) is 6.06. The maximum Gasteiger partial charge on any atom is 0.230 e. The molecule has 1 unspecified atom stereocenters. The molecule has 2 aliphatic rings. The minimum atomic E-state index is -0.344. The fourth-order valence-corrected chi connectivity index (χ4v) is 4.92. The highest BCUT2D eigenvalue weighted by atomic mass is 16.2. The summed E-state index contributed by atoms with van der Waals surface area (Å²) in [5, 5.41) is 3.44. The molecule has 0 spiro atoms. The molecule has 1 aliphatic carbocycles. The minimum absolute atomic E-state index is 0.229. The van der Waals surface area contributed by atoms with Gasteiger partial charge in [-0.1, -0.05) is 55.7 Å². The van der Waals surface area contributed by atoms with Crippen molar-refractivity contribution in [3.8, 4) is 0 Å². The number of aromatic nitrogens is 1. The summed E-state index contributed by atoms with van der Waals surface area (Å²) in [6, 6.07) is 16.7. The highest BCUT2D eigenvalue weighted by Crippen LogP contribution is 2.40. The van der Waals surface area contributed by atoms with Crippen LogP contribution in [0, 0.1) is 0 Å². The van der Waals surface area contributed by atoms with Crippen molar-refractivity contribution in [1.29, 1.82) is 0 Å². The van der Waals surface area contributed by atoms with E-state index in [-0.39, 0.29) is 17.4 Å². The first-order valence-corrected chi connectivity index (χ1v) is 10.7. The molecule has 1 saturated heterocycles. The van der Waals surface area contributed by atoms with Gasteiger partial charge < -0.3 is 5.32 Å². The fraction of sp³-hybridized carbons (Fsp3) is 0.500. The Balaban J connectivity index is 1.44. The normalized spacial score (nSPS) is 22.5. The van der Waals surface area contributed by atoms with Crippen LogP contribution in [0.2, 0.25) is 0 Å². The van der Waals surface area contributed by atoms with Gasteiger partial charge in [-0.15, -0.1) is 0 Å². The lowest BCUT2D eigenvalue weighted by Gasteiger charge is -2.39. The second kappa shape index (κ2) is 8.87. The molecule has 4 heteroatoms. The van der Waals surface area contributed by atoms with Crippen LogP contribution in [0.3, 0.4) is 0 Å². The van der Waals surface area contributed by atoms with Crippen LogP contribution in [0.1, 0.15) is 56.2 Å². The summed E-state index contributed by atoms with van der Waals surface area (Å²) in [4.78, 5) is 20.4.